The van der Waals surface area contributed by atoms with Gasteiger partial charge >= 0.3 is 0 Å². The summed E-state index contributed by atoms with van der Waals surface area (Å²) in [5.74, 6) is -0.00981. The lowest BCUT2D eigenvalue weighted by Crippen LogP contribution is -2.46. The number of hydrogen-bond donors (Lipinski definition) is 2. The molecule has 0 spiro atoms. The molecule has 0 unspecified atom stereocenters. The van der Waals surface area contributed by atoms with Gasteiger partial charge in [0.15, 0.2) is 0 Å². The Bertz CT molecular complexity index is 430. The lowest BCUT2D eigenvalue weighted by molar-refractivity contribution is -0.117. The van der Waals surface area contributed by atoms with Gasteiger partial charge in [-0.05, 0) is 24.6 Å². The van der Waals surface area contributed by atoms with Gasteiger partial charge in [-0.25, -0.2) is 0 Å². The number of piperazine rings is 1. The van der Waals surface area contributed by atoms with Crippen LogP contribution in [0.15, 0.2) is 18.2 Å². The first-order chi connectivity index (χ1) is 8.65. The maximum absolute atomic E-state index is 11.9. The van der Waals surface area contributed by atoms with Crippen LogP contribution in [-0.4, -0.2) is 43.5 Å². The summed E-state index contributed by atoms with van der Waals surface area (Å²) in [5.41, 5.74) is 1.77. The number of amides is 1. The second kappa shape index (κ2) is 6.18. The van der Waals surface area contributed by atoms with Crippen molar-refractivity contribution in [2.24, 2.45) is 0 Å². The van der Waals surface area contributed by atoms with Gasteiger partial charge in [-0.2, -0.15) is 0 Å². The lowest BCUT2D eigenvalue weighted by atomic mass is 10.2. The van der Waals surface area contributed by atoms with E-state index in [0.717, 1.165) is 31.7 Å². The molecular formula is C13H18ClN3O. The summed E-state index contributed by atoms with van der Waals surface area (Å²) >= 11 is 6.04. The predicted octanol–water partition coefficient (Wildman–Crippen LogP) is 1.49. The van der Waals surface area contributed by atoms with E-state index < -0.39 is 0 Å². The Labute approximate surface area is 112 Å². The molecule has 0 aromatic heterocycles. The van der Waals surface area contributed by atoms with Crippen LogP contribution in [0.25, 0.3) is 0 Å². The van der Waals surface area contributed by atoms with Gasteiger partial charge in [-0.3, -0.25) is 9.69 Å². The molecule has 1 aromatic carbocycles. The van der Waals surface area contributed by atoms with Crippen molar-refractivity contribution in [3.63, 3.8) is 0 Å². The van der Waals surface area contributed by atoms with Gasteiger partial charge in [0, 0.05) is 26.2 Å². The molecule has 0 saturated carbocycles. The average molecular weight is 268 g/mol. The highest BCUT2D eigenvalue weighted by Gasteiger charge is 2.14. The molecular weight excluding hydrogens is 250 g/mol. The van der Waals surface area contributed by atoms with Crippen LogP contribution in [0.1, 0.15) is 5.56 Å². The van der Waals surface area contributed by atoms with Crippen molar-refractivity contribution in [3.8, 4) is 0 Å². The fourth-order valence-corrected chi connectivity index (χ4v) is 2.16. The van der Waals surface area contributed by atoms with Gasteiger partial charge in [0.05, 0.1) is 17.3 Å². The Morgan fingerprint density at radius 2 is 2.17 bits per heavy atom. The summed E-state index contributed by atoms with van der Waals surface area (Å²) in [6, 6.07) is 5.61. The second-order valence-electron chi connectivity index (χ2n) is 4.56. The monoisotopic (exact) mass is 267 g/mol. The average Bonchev–Trinajstić information content (AvgIpc) is 2.35. The highest BCUT2D eigenvalue weighted by molar-refractivity contribution is 6.33. The number of halogens is 1. The lowest BCUT2D eigenvalue weighted by Gasteiger charge is -2.26. The molecule has 1 aromatic rings. The van der Waals surface area contributed by atoms with E-state index in [1.54, 1.807) is 6.07 Å². The molecule has 4 nitrogen and oxygen atoms in total. The Kier molecular flexibility index (Phi) is 4.58. The van der Waals surface area contributed by atoms with Gasteiger partial charge in [0.25, 0.3) is 0 Å². The molecule has 18 heavy (non-hydrogen) atoms. The van der Waals surface area contributed by atoms with Crippen molar-refractivity contribution in [2.45, 2.75) is 6.92 Å². The van der Waals surface area contributed by atoms with Gasteiger partial charge < -0.3 is 10.6 Å². The van der Waals surface area contributed by atoms with Crippen molar-refractivity contribution < 1.29 is 4.79 Å². The Hall–Kier alpha value is -1.10. The van der Waals surface area contributed by atoms with Crippen LogP contribution in [0.2, 0.25) is 5.02 Å². The molecule has 1 heterocycles. The van der Waals surface area contributed by atoms with Gasteiger partial charge in [-0.15, -0.1) is 0 Å². The van der Waals surface area contributed by atoms with E-state index in [1.165, 1.54) is 0 Å². The first kappa shape index (κ1) is 13.3. The zero-order valence-electron chi connectivity index (χ0n) is 10.5. The minimum atomic E-state index is -0.00981. The number of aryl methyl sites for hydroxylation is 1. The molecule has 1 amide bonds. The maximum atomic E-state index is 11.9. The van der Waals surface area contributed by atoms with Gasteiger partial charge in [0.2, 0.25) is 5.91 Å². The normalized spacial score (nSPS) is 16.6. The molecule has 2 N–H and O–H groups in total. The van der Waals surface area contributed by atoms with Crippen LogP contribution in [0.5, 0.6) is 0 Å². The van der Waals surface area contributed by atoms with E-state index >= 15 is 0 Å². The molecule has 1 aliphatic rings. The second-order valence-corrected chi connectivity index (χ2v) is 4.96. The summed E-state index contributed by atoms with van der Waals surface area (Å²) in [6.07, 6.45) is 0. The fourth-order valence-electron chi connectivity index (χ4n) is 2.00. The van der Waals surface area contributed by atoms with Crippen LogP contribution < -0.4 is 10.6 Å². The summed E-state index contributed by atoms with van der Waals surface area (Å²) in [5, 5.41) is 6.70. The van der Waals surface area contributed by atoms with Crippen LogP contribution >= 0.6 is 11.6 Å². The Morgan fingerprint density at radius 3 is 2.89 bits per heavy atom. The standard InChI is InChI=1S/C13H18ClN3O/c1-10-2-3-11(14)12(8-10)16-13(18)9-17-6-4-15-5-7-17/h2-3,8,15H,4-7,9H2,1H3,(H,16,18). The molecule has 0 atom stereocenters. The van der Waals surface area contributed by atoms with Crippen LogP contribution in [0, 0.1) is 6.92 Å². The van der Waals surface area contributed by atoms with Gasteiger partial charge in [-0.1, -0.05) is 17.7 Å². The third-order valence-corrected chi connectivity index (χ3v) is 3.30. The minimum absolute atomic E-state index is 0.00981. The fraction of sp³-hybridized carbons (Fsp3) is 0.462. The molecule has 1 fully saturated rings. The number of hydrogen-bond acceptors (Lipinski definition) is 3. The first-order valence-electron chi connectivity index (χ1n) is 6.14. The smallest absolute Gasteiger partial charge is 0.238 e. The summed E-state index contributed by atoms with van der Waals surface area (Å²) < 4.78 is 0. The zero-order chi connectivity index (χ0) is 13.0. The summed E-state index contributed by atoms with van der Waals surface area (Å²) in [7, 11) is 0. The van der Waals surface area contributed by atoms with Crippen molar-refractivity contribution in [3.05, 3.63) is 28.8 Å². The third kappa shape index (κ3) is 3.70. The van der Waals surface area contributed by atoms with E-state index in [0.29, 0.717) is 17.3 Å². The van der Waals surface area contributed by atoms with E-state index in [1.807, 2.05) is 19.1 Å². The van der Waals surface area contributed by atoms with Crippen LogP contribution in [0.4, 0.5) is 5.69 Å². The third-order valence-electron chi connectivity index (χ3n) is 2.97. The van der Waals surface area contributed by atoms with E-state index in [-0.39, 0.29) is 5.91 Å². The first-order valence-corrected chi connectivity index (χ1v) is 6.52. The number of carbonyl (C=O) groups is 1. The molecule has 0 radical (unpaired) electrons. The molecule has 2 rings (SSSR count). The summed E-state index contributed by atoms with van der Waals surface area (Å²) in [4.78, 5) is 14.0. The van der Waals surface area contributed by atoms with Crippen molar-refractivity contribution in [1.29, 1.82) is 0 Å². The molecule has 1 aliphatic heterocycles. The molecule has 0 bridgehead atoms. The summed E-state index contributed by atoms with van der Waals surface area (Å²) in [6.45, 7) is 6.11. The topological polar surface area (TPSA) is 44.4 Å². The van der Waals surface area contributed by atoms with Crippen LogP contribution in [0.3, 0.4) is 0 Å². The minimum Gasteiger partial charge on any atom is -0.324 e. The number of rotatable bonds is 3. The number of benzene rings is 1. The predicted molar refractivity (Wildman–Crippen MR) is 74.1 cm³/mol. The molecule has 5 heteroatoms. The van der Waals surface area contributed by atoms with Crippen molar-refractivity contribution in [2.75, 3.05) is 38.0 Å². The van der Waals surface area contributed by atoms with Crippen molar-refractivity contribution in [1.82, 2.24) is 10.2 Å². The van der Waals surface area contributed by atoms with Crippen molar-refractivity contribution >= 4 is 23.2 Å². The highest BCUT2D eigenvalue weighted by Crippen LogP contribution is 2.22. The zero-order valence-corrected chi connectivity index (χ0v) is 11.3. The highest BCUT2D eigenvalue weighted by atomic mass is 35.5. The van der Waals surface area contributed by atoms with E-state index in [2.05, 4.69) is 15.5 Å². The SMILES string of the molecule is Cc1ccc(Cl)c(NC(=O)CN2CCNCC2)c1. The largest absolute Gasteiger partial charge is 0.324 e. The Morgan fingerprint density at radius 1 is 1.44 bits per heavy atom. The molecule has 0 aliphatic carbocycles. The number of carbonyl (C=O) groups excluding carboxylic acids is 1. The van der Waals surface area contributed by atoms with Crippen LogP contribution in [-0.2, 0) is 4.79 Å². The van der Waals surface area contributed by atoms with E-state index in [4.69, 9.17) is 11.6 Å². The quantitative estimate of drug-likeness (QED) is 0.872. The Balaban J connectivity index is 1.92. The molecule has 1 saturated heterocycles. The van der Waals surface area contributed by atoms with Gasteiger partial charge in [0.1, 0.15) is 0 Å². The number of nitrogens with zero attached hydrogens (tertiary/aromatic N) is 1. The number of anilines is 1. The van der Waals surface area contributed by atoms with E-state index in [9.17, 15) is 4.79 Å². The maximum Gasteiger partial charge on any atom is 0.238 e. The molecule has 98 valence electrons. The number of nitrogens with one attached hydrogen (secondary N) is 2.